The SMILES string of the molecule is COc1cc(C(=O)Nc2cc3n(n2)CCN(C(=O)OC(C)(C)C)C3)ccc1F. The summed E-state index contributed by atoms with van der Waals surface area (Å²) in [6, 6.07) is 5.57. The summed E-state index contributed by atoms with van der Waals surface area (Å²) in [6.45, 7) is 6.74. The number of carbonyl (C=O) groups is 2. The number of anilines is 1. The van der Waals surface area contributed by atoms with Gasteiger partial charge < -0.3 is 19.7 Å². The van der Waals surface area contributed by atoms with Crippen molar-refractivity contribution in [2.75, 3.05) is 19.0 Å². The van der Waals surface area contributed by atoms with Crippen molar-refractivity contribution < 1.29 is 23.5 Å². The highest BCUT2D eigenvalue weighted by Gasteiger charge is 2.27. The van der Waals surface area contributed by atoms with Crippen LogP contribution in [0, 0.1) is 5.82 Å². The lowest BCUT2D eigenvalue weighted by Crippen LogP contribution is -2.41. The normalized spacial score (nSPS) is 13.7. The van der Waals surface area contributed by atoms with E-state index in [4.69, 9.17) is 9.47 Å². The van der Waals surface area contributed by atoms with E-state index in [0.29, 0.717) is 25.5 Å². The Labute approximate surface area is 162 Å². The topological polar surface area (TPSA) is 85.7 Å². The maximum absolute atomic E-state index is 13.5. The minimum absolute atomic E-state index is 0.00946. The number of hydrogen-bond acceptors (Lipinski definition) is 5. The number of amides is 2. The third kappa shape index (κ3) is 4.41. The van der Waals surface area contributed by atoms with Gasteiger partial charge in [-0.1, -0.05) is 0 Å². The Bertz CT molecular complexity index is 904. The molecule has 0 atom stereocenters. The van der Waals surface area contributed by atoms with E-state index in [1.165, 1.54) is 25.3 Å². The molecule has 28 heavy (non-hydrogen) atoms. The zero-order valence-electron chi connectivity index (χ0n) is 16.3. The maximum Gasteiger partial charge on any atom is 0.410 e. The molecule has 1 aromatic carbocycles. The highest BCUT2D eigenvalue weighted by atomic mass is 19.1. The lowest BCUT2D eigenvalue weighted by atomic mass is 10.2. The van der Waals surface area contributed by atoms with Gasteiger partial charge in [0, 0.05) is 18.2 Å². The predicted molar refractivity (Wildman–Crippen MR) is 99.8 cm³/mol. The zero-order chi connectivity index (χ0) is 20.5. The van der Waals surface area contributed by atoms with Gasteiger partial charge in [-0.05, 0) is 39.0 Å². The smallest absolute Gasteiger partial charge is 0.410 e. The number of ether oxygens (including phenoxy) is 2. The fourth-order valence-electron chi connectivity index (χ4n) is 2.80. The van der Waals surface area contributed by atoms with Crippen molar-refractivity contribution in [1.82, 2.24) is 14.7 Å². The fraction of sp³-hybridized carbons (Fsp3) is 0.421. The Hall–Kier alpha value is -3.10. The minimum Gasteiger partial charge on any atom is -0.494 e. The highest BCUT2D eigenvalue weighted by molar-refractivity contribution is 6.04. The van der Waals surface area contributed by atoms with Crippen LogP contribution < -0.4 is 10.1 Å². The van der Waals surface area contributed by atoms with Crippen LogP contribution >= 0.6 is 0 Å². The van der Waals surface area contributed by atoms with Crippen LogP contribution in [0.5, 0.6) is 5.75 Å². The molecule has 1 N–H and O–H groups in total. The Morgan fingerprint density at radius 2 is 1.96 bits per heavy atom. The molecule has 2 amide bonds. The van der Waals surface area contributed by atoms with Crippen molar-refractivity contribution in [2.45, 2.75) is 39.5 Å². The second-order valence-corrected chi connectivity index (χ2v) is 7.45. The number of halogens is 1. The van der Waals surface area contributed by atoms with Crippen molar-refractivity contribution in [3.8, 4) is 5.75 Å². The van der Waals surface area contributed by atoms with Crippen LogP contribution in [0.4, 0.5) is 15.0 Å². The Balaban J connectivity index is 1.69. The molecular formula is C19H23FN4O4. The van der Waals surface area contributed by atoms with Crippen molar-refractivity contribution in [3.05, 3.63) is 41.3 Å². The Morgan fingerprint density at radius 1 is 1.21 bits per heavy atom. The number of nitrogens with zero attached hydrogens (tertiary/aromatic N) is 3. The summed E-state index contributed by atoms with van der Waals surface area (Å²) >= 11 is 0. The van der Waals surface area contributed by atoms with Crippen molar-refractivity contribution >= 4 is 17.8 Å². The minimum atomic E-state index is -0.565. The van der Waals surface area contributed by atoms with E-state index in [2.05, 4.69) is 10.4 Å². The fourth-order valence-corrected chi connectivity index (χ4v) is 2.80. The molecule has 1 aromatic heterocycles. The highest BCUT2D eigenvalue weighted by Crippen LogP contribution is 2.21. The van der Waals surface area contributed by atoms with Gasteiger partial charge in [0.1, 0.15) is 5.60 Å². The van der Waals surface area contributed by atoms with Crippen molar-refractivity contribution in [1.29, 1.82) is 0 Å². The second-order valence-electron chi connectivity index (χ2n) is 7.45. The maximum atomic E-state index is 13.5. The number of hydrogen-bond donors (Lipinski definition) is 1. The molecule has 0 unspecified atom stereocenters. The molecule has 1 aliphatic heterocycles. The number of rotatable bonds is 3. The molecule has 1 aliphatic rings. The Morgan fingerprint density at radius 3 is 2.64 bits per heavy atom. The molecule has 2 aromatic rings. The van der Waals surface area contributed by atoms with Crippen LogP contribution in [0.3, 0.4) is 0 Å². The summed E-state index contributed by atoms with van der Waals surface area (Å²) in [6.07, 6.45) is -0.385. The van der Waals surface area contributed by atoms with Crippen LogP contribution in [0.1, 0.15) is 36.8 Å². The monoisotopic (exact) mass is 390 g/mol. The van der Waals surface area contributed by atoms with E-state index in [-0.39, 0.29) is 17.4 Å². The number of nitrogens with one attached hydrogen (secondary N) is 1. The molecule has 3 rings (SSSR count). The van der Waals surface area contributed by atoms with E-state index in [1.807, 2.05) is 20.8 Å². The predicted octanol–water partition coefficient (Wildman–Crippen LogP) is 3.03. The number of aromatic nitrogens is 2. The summed E-state index contributed by atoms with van der Waals surface area (Å²) in [4.78, 5) is 26.3. The van der Waals surface area contributed by atoms with Gasteiger partial charge >= 0.3 is 6.09 Å². The van der Waals surface area contributed by atoms with Crippen LogP contribution in [0.25, 0.3) is 0 Å². The van der Waals surface area contributed by atoms with Gasteiger partial charge in [0.25, 0.3) is 5.91 Å². The van der Waals surface area contributed by atoms with E-state index in [1.54, 1.807) is 15.6 Å². The molecule has 8 nitrogen and oxygen atoms in total. The first kappa shape index (κ1) is 19.7. The lowest BCUT2D eigenvalue weighted by molar-refractivity contribution is 0.0194. The number of methoxy groups -OCH3 is 1. The molecule has 0 bridgehead atoms. The summed E-state index contributed by atoms with van der Waals surface area (Å²) < 4.78 is 25.5. The lowest BCUT2D eigenvalue weighted by Gasteiger charge is -2.30. The molecular weight excluding hydrogens is 367 g/mol. The summed E-state index contributed by atoms with van der Waals surface area (Å²) in [7, 11) is 1.33. The molecule has 0 radical (unpaired) electrons. The number of carbonyl (C=O) groups excluding carboxylic acids is 2. The molecule has 0 spiro atoms. The molecule has 150 valence electrons. The molecule has 0 aliphatic carbocycles. The number of benzene rings is 1. The van der Waals surface area contributed by atoms with Crippen LogP contribution in [0.15, 0.2) is 24.3 Å². The third-order valence-electron chi connectivity index (χ3n) is 4.10. The largest absolute Gasteiger partial charge is 0.494 e. The van der Waals surface area contributed by atoms with E-state index < -0.39 is 17.3 Å². The van der Waals surface area contributed by atoms with Crippen molar-refractivity contribution in [2.24, 2.45) is 0 Å². The molecule has 0 saturated carbocycles. The van der Waals surface area contributed by atoms with Gasteiger partial charge in [-0.15, -0.1) is 0 Å². The summed E-state index contributed by atoms with van der Waals surface area (Å²) in [5.74, 6) is -0.629. The quantitative estimate of drug-likeness (QED) is 0.871. The van der Waals surface area contributed by atoms with Crippen LogP contribution in [-0.4, -0.2) is 45.9 Å². The Kier molecular flexibility index (Phi) is 5.26. The van der Waals surface area contributed by atoms with Crippen molar-refractivity contribution in [3.63, 3.8) is 0 Å². The van der Waals surface area contributed by atoms with E-state index in [0.717, 1.165) is 5.69 Å². The zero-order valence-corrected chi connectivity index (χ0v) is 16.3. The average molecular weight is 390 g/mol. The second kappa shape index (κ2) is 7.49. The average Bonchev–Trinajstić information content (AvgIpc) is 3.01. The molecule has 9 heteroatoms. The van der Waals surface area contributed by atoms with Gasteiger partial charge in [0.15, 0.2) is 17.4 Å². The van der Waals surface area contributed by atoms with Crippen LogP contribution in [-0.2, 0) is 17.8 Å². The van der Waals surface area contributed by atoms with Gasteiger partial charge in [0.2, 0.25) is 0 Å². The summed E-state index contributed by atoms with van der Waals surface area (Å²) in [5.41, 5.74) is 0.466. The van der Waals surface area contributed by atoms with Crippen LogP contribution in [0.2, 0.25) is 0 Å². The summed E-state index contributed by atoms with van der Waals surface area (Å²) in [5, 5.41) is 7.03. The van der Waals surface area contributed by atoms with Gasteiger partial charge in [0.05, 0.1) is 25.9 Å². The van der Waals surface area contributed by atoms with Gasteiger partial charge in [-0.25, -0.2) is 9.18 Å². The molecule has 0 saturated heterocycles. The van der Waals surface area contributed by atoms with Gasteiger partial charge in [-0.2, -0.15) is 5.10 Å². The first-order valence-corrected chi connectivity index (χ1v) is 8.86. The molecule has 0 fully saturated rings. The van der Waals surface area contributed by atoms with E-state index in [9.17, 15) is 14.0 Å². The first-order valence-electron chi connectivity index (χ1n) is 8.86. The standard InChI is InChI=1S/C19H23FN4O4/c1-19(2,3)28-18(26)23-7-8-24-13(11-23)10-16(22-24)21-17(25)12-5-6-14(20)15(9-12)27-4/h5-6,9-10H,7-8,11H2,1-4H3,(H,21,22,25). The van der Waals surface area contributed by atoms with E-state index >= 15 is 0 Å². The number of fused-ring (bicyclic) bond motifs is 1. The van der Waals surface area contributed by atoms with Gasteiger partial charge in [-0.3, -0.25) is 9.48 Å². The third-order valence-corrected chi connectivity index (χ3v) is 4.10. The molecule has 2 heterocycles. The first-order chi connectivity index (χ1) is 13.2.